The first kappa shape index (κ1) is 17.4. The molecule has 1 N–H and O–H groups in total. The summed E-state index contributed by atoms with van der Waals surface area (Å²) in [6, 6.07) is 0. The van der Waals surface area contributed by atoms with E-state index in [9.17, 15) is 14.4 Å². The number of carboxylic acids is 1. The van der Waals surface area contributed by atoms with Gasteiger partial charge in [0.2, 0.25) is 0 Å². The van der Waals surface area contributed by atoms with Crippen LogP contribution in [0, 0.1) is 11.8 Å². The molecule has 0 aromatic rings. The van der Waals surface area contributed by atoms with Crippen molar-refractivity contribution in [3.8, 4) is 0 Å². The SMILES string of the molecule is CC(=O)OC[C@H]1O[C@H](CC(=O)O)[C@@H](OC(C)=O)[C@@H](C)[C@@H]1C. The van der Waals surface area contributed by atoms with Gasteiger partial charge >= 0.3 is 17.9 Å². The lowest BCUT2D eigenvalue weighted by molar-refractivity contribution is -0.207. The van der Waals surface area contributed by atoms with Gasteiger partial charge in [0.15, 0.2) is 0 Å². The van der Waals surface area contributed by atoms with Crippen LogP contribution in [0.1, 0.15) is 34.1 Å². The molecule has 0 aromatic heterocycles. The third-order valence-corrected chi connectivity index (χ3v) is 3.78. The first-order valence-corrected chi connectivity index (χ1v) is 6.90. The number of carboxylic acid groups (broad SMARTS) is 1. The third-order valence-electron chi connectivity index (χ3n) is 3.78. The normalized spacial score (nSPS) is 32.3. The zero-order chi connectivity index (χ0) is 16.2. The van der Waals surface area contributed by atoms with Crippen LogP contribution in [0.2, 0.25) is 0 Å². The van der Waals surface area contributed by atoms with Gasteiger partial charge in [0, 0.05) is 19.8 Å². The Balaban J connectivity index is 2.84. The van der Waals surface area contributed by atoms with Gasteiger partial charge in [-0.05, 0) is 5.92 Å². The molecule has 0 saturated carbocycles. The van der Waals surface area contributed by atoms with Crippen LogP contribution in [0.4, 0.5) is 0 Å². The second kappa shape index (κ2) is 7.40. The summed E-state index contributed by atoms with van der Waals surface area (Å²) in [4.78, 5) is 33.1. The second-order valence-electron chi connectivity index (χ2n) is 5.41. The van der Waals surface area contributed by atoms with Crippen LogP contribution >= 0.6 is 0 Å². The van der Waals surface area contributed by atoms with Gasteiger partial charge in [-0.1, -0.05) is 13.8 Å². The lowest BCUT2D eigenvalue weighted by atomic mass is 9.80. The molecule has 0 radical (unpaired) electrons. The number of hydrogen-bond acceptors (Lipinski definition) is 6. The molecule has 7 nitrogen and oxygen atoms in total. The quantitative estimate of drug-likeness (QED) is 0.756. The van der Waals surface area contributed by atoms with E-state index in [-0.39, 0.29) is 24.9 Å². The summed E-state index contributed by atoms with van der Waals surface area (Å²) >= 11 is 0. The van der Waals surface area contributed by atoms with E-state index >= 15 is 0 Å². The zero-order valence-corrected chi connectivity index (χ0v) is 12.7. The molecule has 0 spiro atoms. The summed E-state index contributed by atoms with van der Waals surface area (Å²) in [7, 11) is 0. The predicted octanol–water partition coefficient (Wildman–Crippen LogP) is 0.995. The standard InChI is InChI=1S/C14H22O7/c1-7-8(2)14(20-10(4)16)11(5-13(17)18)21-12(7)6-19-9(3)15/h7-8,11-12,14H,5-6H2,1-4H3,(H,17,18)/t7-,8-,11+,12+,14-/m0/s1. The predicted molar refractivity (Wildman–Crippen MR) is 71.4 cm³/mol. The molecule has 120 valence electrons. The van der Waals surface area contributed by atoms with Crippen molar-refractivity contribution in [2.24, 2.45) is 11.8 Å². The van der Waals surface area contributed by atoms with Gasteiger partial charge in [-0.25, -0.2) is 0 Å². The number of ether oxygens (including phenoxy) is 3. The van der Waals surface area contributed by atoms with Gasteiger partial charge in [-0.2, -0.15) is 0 Å². The first-order chi connectivity index (χ1) is 9.72. The number of aliphatic carboxylic acids is 1. The van der Waals surface area contributed by atoms with Crippen LogP contribution in [0.15, 0.2) is 0 Å². The van der Waals surface area contributed by atoms with Crippen LogP contribution in [-0.2, 0) is 28.6 Å². The second-order valence-corrected chi connectivity index (χ2v) is 5.41. The van der Waals surface area contributed by atoms with E-state index in [4.69, 9.17) is 19.3 Å². The highest BCUT2D eigenvalue weighted by Crippen LogP contribution is 2.34. The maximum atomic E-state index is 11.2. The maximum absolute atomic E-state index is 11.2. The molecule has 1 rings (SSSR count). The van der Waals surface area contributed by atoms with Gasteiger partial charge in [-0.3, -0.25) is 14.4 Å². The van der Waals surface area contributed by atoms with Crippen LogP contribution in [0.3, 0.4) is 0 Å². The third kappa shape index (κ3) is 5.00. The fraction of sp³-hybridized carbons (Fsp3) is 0.786. The highest BCUT2D eigenvalue weighted by molar-refractivity contribution is 5.68. The van der Waals surface area contributed by atoms with Gasteiger partial charge in [0.05, 0.1) is 12.5 Å². The maximum Gasteiger partial charge on any atom is 0.306 e. The van der Waals surface area contributed by atoms with Crippen molar-refractivity contribution in [3.63, 3.8) is 0 Å². The van der Waals surface area contributed by atoms with Crippen molar-refractivity contribution >= 4 is 17.9 Å². The average Bonchev–Trinajstić information content (AvgIpc) is 2.35. The molecule has 0 unspecified atom stereocenters. The van der Waals surface area contributed by atoms with Gasteiger partial charge in [0.25, 0.3) is 0 Å². The Morgan fingerprint density at radius 3 is 2.14 bits per heavy atom. The molecule has 0 aliphatic carbocycles. The molecule has 0 amide bonds. The van der Waals surface area contributed by atoms with E-state index in [2.05, 4.69) is 0 Å². The highest BCUT2D eigenvalue weighted by atomic mass is 16.6. The molecular formula is C14H22O7. The van der Waals surface area contributed by atoms with Crippen molar-refractivity contribution in [2.45, 2.75) is 52.4 Å². The summed E-state index contributed by atoms with van der Waals surface area (Å²) in [5.74, 6) is -2.08. The molecule has 1 aliphatic heterocycles. The molecular weight excluding hydrogens is 280 g/mol. The fourth-order valence-corrected chi connectivity index (χ4v) is 2.50. The number of esters is 2. The highest BCUT2D eigenvalue weighted by Gasteiger charge is 2.44. The van der Waals surface area contributed by atoms with Crippen molar-refractivity contribution in [2.75, 3.05) is 6.61 Å². The van der Waals surface area contributed by atoms with Crippen LogP contribution < -0.4 is 0 Å². The van der Waals surface area contributed by atoms with E-state index < -0.39 is 36.2 Å². The van der Waals surface area contributed by atoms with Crippen LogP contribution in [0.5, 0.6) is 0 Å². The average molecular weight is 302 g/mol. The minimum absolute atomic E-state index is 0.0428. The van der Waals surface area contributed by atoms with E-state index in [1.165, 1.54) is 13.8 Å². The van der Waals surface area contributed by atoms with E-state index in [0.29, 0.717) is 0 Å². The van der Waals surface area contributed by atoms with Crippen molar-refractivity contribution in [1.82, 2.24) is 0 Å². The Labute approximate surface area is 123 Å². The van der Waals surface area contributed by atoms with Crippen molar-refractivity contribution in [3.05, 3.63) is 0 Å². The molecule has 21 heavy (non-hydrogen) atoms. The zero-order valence-electron chi connectivity index (χ0n) is 12.7. The number of carbonyl (C=O) groups is 3. The summed E-state index contributed by atoms with van der Waals surface area (Å²) in [5, 5.41) is 8.97. The first-order valence-electron chi connectivity index (χ1n) is 6.90. The molecule has 7 heteroatoms. The van der Waals surface area contributed by atoms with E-state index in [1.807, 2.05) is 13.8 Å². The Morgan fingerprint density at radius 2 is 1.67 bits per heavy atom. The Hall–Kier alpha value is -1.63. The smallest absolute Gasteiger partial charge is 0.306 e. The van der Waals surface area contributed by atoms with Gasteiger partial charge in [-0.15, -0.1) is 0 Å². The largest absolute Gasteiger partial charge is 0.481 e. The Kier molecular flexibility index (Phi) is 6.14. The molecule has 1 heterocycles. The summed E-state index contributed by atoms with van der Waals surface area (Å²) < 4.78 is 15.9. The van der Waals surface area contributed by atoms with E-state index in [0.717, 1.165) is 0 Å². The number of hydrogen-bond donors (Lipinski definition) is 1. The lowest BCUT2D eigenvalue weighted by Gasteiger charge is -2.43. The molecule has 5 atom stereocenters. The monoisotopic (exact) mass is 302 g/mol. The van der Waals surface area contributed by atoms with Crippen LogP contribution in [0.25, 0.3) is 0 Å². The Bertz CT molecular complexity index is 404. The minimum Gasteiger partial charge on any atom is -0.481 e. The van der Waals surface area contributed by atoms with Crippen molar-refractivity contribution < 1.29 is 33.7 Å². The molecule has 0 bridgehead atoms. The summed E-state index contributed by atoms with van der Waals surface area (Å²) in [6.07, 6.45) is -2.06. The van der Waals surface area contributed by atoms with Crippen molar-refractivity contribution in [1.29, 1.82) is 0 Å². The van der Waals surface area contributed by atoms with E-state index in [1.54, 1.807) is 0 Å². The molecule has 1 aliphatic rings. The summed E-state index contributed by atoms with van der Waals surface area (Å²) in [6.45, 7) is 6.40. The Morgan fingerprint density at radius 1 is 1.05 bits per heavy atom. The molecule has 0 aromatic carbocycles. The van der Waals surface area contributed by atoms with Gasteiger partial charge < -0.3 is 19.3 Å². The fourth-order valence-electron chi connectivity index (χ4n) is 2.50. The number of rotatable bonds is 5. The minimum atomic E-state index is -1.04. The molecule has 1 saturated heterocycles. The lowest BCUT2D eigenvalue weighted by Crippen LogP contribution is -2.52. The van der Waals surface area contributed by atoms with Gasteiger partial charge in [0.1, 0.15) is 18.8 Å². The van der Waals surface area contributed by atoms with Crippen LogP contribution in [-0.4, -0.2) is 47.9 Å². The summed E-state index contributed by atoms with van der Waals surface area (Å²) in [5.41, 5.74) is 0. The topological polar surface area (TPSA) is 99.1 Å². The molecule has 1 fully saturated rings. The number of carbonyl (C=O) groups excluding carboxylic acids is 2.